The fraction of sp³-hybridized carbons (Fsp3) is 0.533. The van der Waals surface area contributed by atoms with Crippen molar-refractivity contribution < 1.29 is 17.9 Å². The summed E-state index contributed by atoms with van der Waals surface area (Å²) in [6.45, 7) is 3.59. The Morgan fingerprint density at radius 1 is 1.43 bits per heavy atom. The van der Waals surface area contributed by atoms with Crippen molar-refractivity contribution in [3.8, 4) is 5.75 Å². The first-order chi connectivity index (χ1) is 10.8. The lowest BCUT2D eigenvalue weighted by Gasteiger charge is -2.38. The highest BCUT2D eigenvalue weighted by Gasteiger charge is 2.32. The Hall–Kier alpha value is -1.80. The molecule has 1 heterocycles. The zero-order valence-electron chi connectivity index (χ0n) is 13.7. The second kappa shape index (κ2) is 7.18. The molecule has 1 aromatic carbocycles. The average molecular weight is 341 g/mol. The summed E-state index contributed by atoms with van der Waals surface area (Å²) in [7, 11) is -1.73. The lowest BCUT2D eigenvalue weighted by Crippen LogP contribution is -2.59. The Bertz CT molecular complexity index is 656. The molecule has 0 radical (unpaired) electrons. The molecule has 2 amide bonds. The number of carbonyl (C=O) groups excluding carboxylic acids is 1. The fourth-order valence-corrected chi connectivity index (χ4v) is 2.58. The predicted molar refractivity (Wildman–Crippen MR) is 88.0 cm³/mol. The molecule has 1 aliphatic heterocycles. The zero-order chi connectivity index (χ0) is 17.0. The first kappa shape index (κ1) is 17.6. The standard InChI is InChI=1S/C15H23N3O4S/c1-12-5-4-6-13(9-12)22-14-10-18(11-14)15(19)16-7-8-17(2)23(3,20)21/h4-6,9,14H,7-8,10-11H2,1-3H3,(H,16,19). The molecule has 128 valence electrons. The van der Waals surface area contributed by atoms with E-state index in [1.165, 1.54) is 11.4 Å². The maximum absolute atomic E-state index is 11.9. The van der Waals surface area contributed by atoms with Crippen molar-refractivity contribution in [1.82, 2.24) is 14.5 Å². The smallest absolute Gasteiger partial charge is 0.317 e. The van der Waals surface area contributed by atoms with E-state index in [-0.39, 0.29) is 25.2 Å². The number of benzene rings is 1. The minimum absolute atomic E-state index is 0.00115. The number of hydrogen-bond acceptors (Lipinski definition) is 4. The minimum atomic E-state index is -3.21. The van der Waals surface area contributed by atoms with Crippen LogP contribution in [0.3, 0.4) is 0 Å². The number of hydrogen-bond donors (Lipinski definition) is 1. The summed E-state index contributed by atoms with van der Waals surface area (Å²) >= 11 is 0. The number of ether oxygens (including phenoxy) is 1. The van der Waals surface area contributed by atoms with Gasteiger partial charge in [-0.15, -0.1) is 0 Å². The molecule has 0 unspecified atom stereocenters. The maximum Gasteiger partial charge on any atom is 0.317 e. The van der Waals surface area contributed by atoms with Crippen molar-refractivity contribution in [3.63, 3.8) is 0 Å². The first-order valence-corrected chi connectivity index (χ1v) is 9.28. The molecule has 1 N–H and O–H groups in total. The number of amides is 2. The van der Waals surface area contributed by atoms with Gasteiger partial charge in [0.15, 0.2) is 0 Å². The number of likely N-dealkylation sites (tertiary alicyclic amines) is 1. The summed E-state index contributed by atoms with van der Waals surface area (Å²) in [5.41, 5.74) is 1.13. The molecule has 7 nitrogen and oxygen atoms in total. The summed E-state index contributed by atoms with van der Waals surface area (Å²) in [6, 6.07) is 7.60. The number of aryl methyl sites for hydroxylation is 1. The third-order valence-corrected chi connectivity index (χ3v) is 5.01. The van der Waals surface area contributed by atoms with Gasteiger partial charge in [0.25, 0.3) is 0 Å². The van der Waals surface area contributed by atoms with Gasteiger partial charge < -0.3 is 15.0 Å². The van der Waals surface area contributed by atoms with Crippen LogP contribution in [-0.2, 0) is 10.0 Å². The van der Waals surface area contributed by atoms with E-state index in [9.17, 15) is 13.2 Å². The average Bonchev–Trinajstić information content (AvgIpc) is 2.41. The van der Waals surface area contributed by atoms with Gasteiger partial charge in [-0.25, -0.2) is 17.5 Å². The zero-order valence-corrected chi connectivity index (χ0v) is 14.5. The molecule has 1 aliphatic rings. The molecule has 0 bridgehead atoms. The molecular weight excluding hydrogens is 318 g/mol. The number of nitrogens with one attached hydrogen (secondary N) is 1. The van der Waals surface area contributed by atoms with Crippen LogP contribution in [0.1, 0.15) is 5.56 Å². The fourth-order valence-electron chi connectivity index (χ4n) is 2.16. The molecular formula is C15H23N3O4S. The molecule has 1 fully saturated rings. The van der Waals surface area contributed by atoms with E-state index in [1.54, 1.807) is 4.90 Å². The number of likely N-dealkylation sites (N-methyl/N-ethyl adjacent to an activating group) is 1. The van der Waals surface area contributed by atoms with Crippen molar-refractivity contribution >= 4 is 16.1 Å². The van der Waals surface area contributed by atoms with Gasteiger partial charge >= 0.3 is 6.03 Å². The monoisotopic (exact) mass is 341 g/mol. The highest BCUT2D eigenvalue weighted by Crippen LogP contribution is 2.19. The molecule has 2 rings (SSSR count). The Balaban J connectivity index is 1.67. The van der Waals surface area contributed by atoms with Crippen LogP contribution in [0.4, 0.5) is 4.79 Å². The number of sulfonamides is 1. The van der Waals surface area contributed by atoms with E-state index in [1.807, 2.05) is 31.2 Å². The number of carbonyl (C=O) groups is 1. The normalized spacial score (nSPS) is 15.4. The molecule has 23 heavy (non-hydrogen) atoms. The van der Waals surface area contributed by atoms with Crippen molar-refractivity contribution in [2.45, 2.75) is 13.0 Å². The van der Waals surface area contributed by atoms with Gasteiger partial charge in [-0.1, -0.05) is 12.1 Å². The van der Waals surface area contributed by atoms with Crippen molar-refractivity contribution in [2.24, 2.45) is 0 Å². The summed E-state index contributed by atoms with van der Waals surface area (Å²) in [4.78, 5) is 13.5. The Morgan fingerprint density at radius 2 is 2.13 bits per heavy atom. The SMILES string of the molecule is Cc1cccc(OC2CN(C(=O)NCCN(C)S(C)(=O)=O)C2)c1. The van der Waals surface area contributed by atoms with Gasteiger partial charge in [0.1, 0.15) is 11.9 Å². The van der Waals surface area contributed by atoms with Crippen LogP contribution in [0.2, 0.25) is 0 Å². The molecule has 0 saturated carbocycles. The topological polar surface area (TPSA) is 79.0 Å². The number of urea groups is 1. The number of rotatable bonds is 6. The van der Waals surface area contributed by atoms with Gasteiger partial charge in [-0.05, 0) is 24.6 Å². The molecule has 0 atom stereocenters. The summed E-state index contributed by atoms with van der Waals surface area (Å²) in [5.74, 6) is 0.810. The van der Waals surface area contributed by atoms with E-state index in [0.717, 1.165) is 17.6 Å². The van der Waals surface area contributed by atoms with Gasteiger partial charge in [0.05, 0.1) is 19.3 Å². The Morgan fingerprint density at radius 3 is 2.74 bits per heavy atom. The maximum atomic E-state index is 11.9. The van der Waals surface area contributed by atoms with Crippen LogP contribution in [0.25, 0.3) is 0 Å². The van der Waals surface area contributed by atoms with Gasteiger partial charge in [0, 0.05) is 20.1 Å². The van der Waals surface area contributed by atoms with Gasteiger partial charge in [0.2, 0.25) is 10.0 Å². The first-order valence-electron chi connectivity index (χ1n) is 7.43. The van der Waals surface area contributed by atoms with Crippen molar-refractivity contribution in [1.29, 1.82) is 0 Å². The van der Waals surface area contributed by atoms with Crippen LogP contribution in [-0.4, -0.2) is 69.2 Å². The van der Waals surface area contributed by atoms with Gasteiger partial charge in [-0.2, -0.15) is 0 Å². The van der Waals surface area contributed by atoms with E-state index in [4.69, 9.17) is 4.74 Å². The highest BCUT2D eigenvalue weighted by atomic mass is 32.2. The highest BCUT2D eigenvalue weighted by molar-refractivity contribution is 7.88. The minimum Gasteiger partial charge on any atom is -0.487 e. The molecule has 8 heteroatoms. The summed E-state index contributed by atoms with van der Waals surface area (Å²) in [5, 5.41) is 2.71. The van der Waals surface area contributed by atoms with Crippen LogP contribution >= 0.6 is 0 Å². The van der Waals surface area contributed by atoms with Gasteiger partial charge in [-0.3, -0.25) is 0 Å². The lowest BCUT2D eigenvalue weighted by atomic mass is 10.1. The third-order valence-electron chi connectivity index (χ3n) is 3.70. The second-order valence-electron chi connectivity index (χ2n) is 5.78. The van der Waals surface area contributed by atoms with Crippen LogP contribution in [0.5, 0.6) is 5.75 Å². The largest absolute Gasteiger partial charge is 0.487 e. The molecule has 0 aromatic heterocycles. The summed E-state index contributed by atoms with van der Waals surface area (Å²) in [6.07, 6.45) is 1.14. The Kier molecular flexibility index (Phi) is 5.48. The van der Waals surface area contributed by atoms with Crippen LogP contribution in [0, 0.1) is 6.92 Å². The molecule has 0 aliphatic carbocycles. The molecule has 0 spiro atoms. The second-order valence-corrected chi connectivity index (χ2v) is 7.87. The van der Waals surface area contributed by atoms with Crippen molar-refractivity contribution in [2.75, 3.05) is 39.5 Å². The predicted octanol–water partition coefficient (Wildman–Crippen LogP) is 0.659. The van der Waals surface area contributed by atoms with E-state index >= 15 is 0 Å². The third kappa shape index (κ3) is 5.11. The van der Waals surface area contributed by atoms with Crippen molar-refractivity contribution in [3.05, 3.63) is 29.8 Å². The van der Waals surface area contributed by atoms with E-state index in [0.29, 0.717) is 13.1 Å². The quantitative estimate of drug-likeness (QED) is 0.824. The van der Waals surface area contributed by atoms with E-state index < -0.39 is 10.0 Å². The lowest BCUT2D eigenvalue weighted by molar-refractivity contribution is 0.0444. The Labute approximate surface area is 137 Å². The number of nitrogens with zero attached hydrogens (tertiary/aromatic N) is 2. The molecule has 1 aromatic rings. The van der Waals surface area contributed by atoms with Crippen LogP contribution in [0.15, 0.2) is 24.3 Å². The molecule has 1 saturated heterocycles. The summed E-state index contributed by atoms with van der Waals surface area (Å²) < 4.78 is 29.5. The van der Waals surface area contributed by atoms with Crippen LogP contribution < -0.4 is 10.1 Å². The van der Waals surface area contributed by atoms with E-state index in [2.05, 4.69) is 5.32 Å².